The molecular weight excluding hydrogens is 817 g/mol. The molecule has 0 amide bonds. The number of unbranched alkanes of at least 4 members (excludes halogenated alkanes) is 39. The van der Waals surface area contributed by atoms with Crippen LogP contribution in [0.5, 0.6) is 0 Å². The van der Waals surface area contributed by atoms with Gasteiger partial charge in [-0.1, -0.05) is 276 Å². The summed E-state index contributed by atoms with van der Waals surface area (Å²) >= 11 is 0. The van der Waals surface area contributed by atoms with Crippen LogP contribution < -0.4 is 0 Å². The number of ether oxygens (including phenoxy) is 3. The fraction of sp³-hybridized carbons (Fsp3) is 0.883. The van der Waals surface area contributed by atoms with E-state index in [1.54, 1.807) is 0 Å². The molecule has 0 aromatic heterocycles. The van der Waals surface area contributed by atoms with Crippen molar-refractivity contribution < 1.29 is 28.6 Å². The Morgan fingerprint density at radius 1 is 0.303 bits per heavy atom. The summed E-state index contributed by atoms with van der Waals surface area (Å²) in [5.41, 5.74) is 0. The van der Waals surface area contributed by atoms with Gasteiger partial charge in [-0.25, -0.2) is 0 Å². The maximum Gasteiger partial charge on any atom is 0.306 e. The van der Waals surface area contributed by atoms with E-state index in [-0.39, 0.29) is 31.1 Å². The van der Waals surface area contributed by atoms with Crippen molar-refractivity contribution in [2.75, 3.05) is 13.2 Å². The van der Waals surface area contributed by atoms with Crippen LogP contribution in [-0.4, -0.2) is 37.2 Å². The zero-order valence-electron chi connectivity index (χ0n) is 44.5. The first-order valence-corrected chi connectivity index (χ1v) is 29.3. The van der Waals surface area contributed by atoms with E-state index in [1.165, 1.54) is 218 Å². The van der Waals surface area contributed by atoms with E-state index in [9.17, 15) is 14.4 Å². The monoisotopic (exact) mass is 929 g/mol. The van der Waals surface area contributed by atoms with Crippen LogP contribution in [-0.2, 0) is 28.6 Å². The normalized spacial score (nSPS) is 12.1. The summed E-state index contributed by atoms with van der Waals surface area (Å²) in [5.74, 6) is -0.849. The number of carbonyl (C=O) groups is 3. The van der Waals surface area contributed by atoms with E-state index in [2.05, 4.69) is 45.1 Å². The second-order valence-electron chi connectivity index (χ2n) is 19.9. The number of hydrogen-bond donors (Lipinski definition) is 0. The van der Waals surface area contributed by atoms with Crippen LogP contribution in [0.25, 0.3) is 0 Å². The Hall–Kier alpha value is -2.11. The minimum atomic E-state index is -0.768. The largest absolute Gasteiger partial charge is 0.462 e. The summed E-state index contributed by atoms with van der Waals surface area (Å²) in [6.07, 6.45) is 64.5. The van der Waals surface area contributed by atoms with Gasteiger partial charge in [0.05, 0.1) is 0 Å². The Morgan fingerprint density at radius 2 is 0.545 bits per heavy atom. The highest BCUT2D eigenvalue weighted by molar-refractivity contribution is 5.71. The first-order valence-electron chi connectivity index (χ1n) is 29.3. The topological polar surface area (TPSA) is 78.9 Å². The van der Waals surface area contributed by atoms with Gasteiger partial charge in [0.2, 0.25) is 0 Å². The van der Waals surface area contributed by atoms with E-state index in [0.717, 1.165) is 64.2 Å². The van der Waals surface area contributed by atoms with Crippen molar-refractivity contribution in [1.29, 1.82) is 0 Å². The summed E-state index contributed by atoms with van der Waals surface area (Å²) in [5, 5.41) is 0. The molecule has 0 aliphatic heterocycles. The molecule has 0 aromatic rings. The van der Waals surface area contributed by atoms with Gasteiger partial charge in [0.25, 0.3) is 0 Å². The molecule has 0 spiro atoms. The minimum absolute atomic E-state index is 0.0672. The molecule has 1 atom stereocenters. The molecule has 6 heteroatoms. The van der Waals surface area contributed by atoms with E-state index in [1.807, 2.05) is 0 Å². The Labute approximate surface area is 411 Å². The highest BCUT2D eigenvalue weighted by Crippen LogP contribution is 2.17. The lowest BCUT2D eigenvalue weighted by atomic mass is 10.0. The van der Waals surface area contributed by atoms with Crippen LogP contribution in [0.15, 0.2) is 24.3 Å². The fourth-order valence-corrected chi connectivity index (χ4v) is 8.77. The Bertz CT molecular complexity index is 1070. The molecule has 0 unspecified atom stereocenters. The molecule has 0 rings (SSSR count). The fourth-order valence-electron chi connectivity index (χ4n) is 8.77. The predicted molar refractivity (Wildman–Crippen MR) is 284 cm³/mol. The van der Waals surface area contributed by atoms with E-state index < -0.39 is 6.10 Å². The number of esters is 3. The van der Waals surface area contributed by atoms with Crippen LogP contribution in [0.4, 0.5) is 0 Å². The van der Waals surface area contributed by atoms with Crippen molar-refractivity contribution in [3.8, 4) is 0 Å². The van der Waals surface area contributed by atoms with Crippen molar-refractivity contribution >= 4 is 17.9 Å². The maximum atomic E-state index is 12.9. The highest BCUT2D eigenvalue weighted by Gasteiger charge is 2.19. The van der Waals surface area contributed by atoms with Crippen molar-refractivity contribution in [2.24, 2.45) is 0 Å². The average molecular weight is 930 g/mol. The second kappa shape index (κ2) is 55.5. The lowest BCUT2D eigenvalue weighted by Crippen LogP contribution is -2.30. The van der Waals surface area contributed by atoms with Crippen molar-refractivity contribution in [1.82, 2.24) is 0 Å². The zero-order chi connectivity index (χ0) is 47.9. The summed E-state index contributed by atoms with van der Waals surface area (Å²) in [6, 6.07) is 0. The summed E-state index contributed by atoms with van der Waals surface area (Å²) < 4.78 is 16.9. The lowest BCUT2D eigenvalue weighted by molar-refractivity contribution is -0.167. The summed E-state index contributed by atoms with van der Waals surface area (Å²) in [7, 11) is 0. The molecular formula is C60H112O6. The van der Waals surface area contributed by atoms with Gasteiger partial charge in [0.1, 0.15) is 13.2 Å². The van der Waals surface area contributed by atoms with Gasteiger partial charge in [-0.05, 0) is 51.4 Å². The van der Waals surface area contributed by atoms with Crippen LogP contribution in [0.2, 0.25) is 0 Å². The van der Waals surface area contributed by atoms with Gasteiger partial charge in [-0.15, -0.1) is 0 Å². The molecule has 0 radical (unpaired) electrons. The van der Waals surface area contributed by atoms with E-state index in [4.69, 9.17) is 14.2 Å². The zero-order valence-corrected chi connectivity index (χ0v) is 44.5. The smallest absolute Gasteiger partial charge is 0.306 e. The quantitative estimate of drug-likeness (QED) is 0.0262. The SMILES string of the molecule is CCCCC/C=C\C/C=C\CCCCCCCCCCCC(=O)O[C@@H](COC(=O)CCCCCCCCCCCCCC)COC(=O)CCCCCCCCCCCCCCCCCCC. The second-order valence-corrected chi connectivity index (χ2v) is 19.9. The summed E-state index contributed by atoms with van der Waals surface area (Å²) in [6.45, 7) is 6.66. The number of hydrogen-bond acceptors (Lipinski definition) is 6. The molecule has 0 saturated heterocycles. The third-order valence-electron chi connectivity index (χ3n) is 13.2. The molecule has 0 aliphatic rings. The average Bonchev–Trinajstić information content (AvgIpc) is 3.31. The highest BCUT2D eigenvalue weighted by atomic mass is 16.6. The predicted octanol–water partition coefficient (Wildman–Crippen LogP) is 19.5. The van der Waals surface area contributed by atoms with Crippen LogP contribution in [0.1, 0.15) is 323 Å². The molecule has 0 fully saturated rings. The Kier molecular flexibility index (Phi) is 53.7. The van der Waals surface area contributed by atoms with Crippen LogP contribution >= 0.6 is 0 Å². The van der Waals surface area contributed by atoms with Gasteiger partial charge >= 0.3 is 17.9 Å². The maximum absolute atomic E-state index is 12.9. The molecule has 0 N–H and O–H groups in total. The molecule has 0 bridgehead atoms. The molecule has 0 aliphatic carbocycles. The standard InChI is InChI=1S/C60H112O6/c1-4-7-10-13-16-19-22-25-27-29-30-32-34-36-39-42-45-48-51-54-60(63)66-57(55-64-58(61)52-49-46-43-40-37-24-21-18-15-12-9-6-3)56-65-59(62)53-50-47-44-41-38-35-33-31-28-26-23-20-17-14-11-8-5-2/h16,19,25,27,57H,4-15,17-18,20-24,26,28-56H2,1-3H3/b19-16-,27-25-/t57-/m0/s1. The van der Waals surface area contributed by atoms with Gasteiger partial charge in [0.15, 0.2) is 6.10 Å². The van der Waals surface area contributed by atoms with Crippen molar-refractivity contribution in [2.45, 2.75) is 329 Å². The van der Waals surface area contributed by atoms with E-state index >= 15 is 0 Å². The number of allylic oxidation sites excluding steroid dienone is 4. The number of rotatable bonds is 54. The van der Waals surface area contributed by atoms with Gasteiger partial charge in [-0.3, -0.25) is 14.4 Å². The molecule has 66 heavy (non-hydrogen) atoms. The minimum Gasteiger partial charge on any atom is -0.462 e. The molecule has 0 aromatic carbocycles. The van der Waals surface area contributed by atoms with E-state index in [0.29, 0.717) is 19.3 Å². The third-order valence-corrected chi connectivity index (χ3v) is 13.2. The molecule has 388 valence electrons. The molecule has 0 heterocycles. The Balaban J connectivity index is 4.30. The van der Waals surface area contributed by atoms with Crippen molar-refractivity contribution in [3.05, 3.63) is 24.3 Å². The Morgan fingerprint density at radius 3 is 0.864 bits per heavy atom. The van der Waals surface area contributed by atoms with Crippen molar-refractivity contribution in [3.63, 3.8) is 0 Å². The first-order chi connectivity index (χ1) is 32.5. The first kappa shape index (κ1) is 63.9. The van der Waals surface area contributed by atoms with Crippen LogP contribution in [0, 0.1) is 0 Å². The van der Waals surface area contributed by atoms with Gasteiger partial charge in [-0.2, -0.15) is 0 Å². The lowest BCUT2D eigenvalue weighted by Gasteiger charge is -2.18. The summed E-state index contributed by atoms with van der Waals surface area (Å²) in [4.78, 5) is 38.1. The number of carbonyl (C=O) groups excluding carboxylic acids is 3. The van der Waals surface area contributed by atoms with Gasteiger partial charge in [0, 0.05) is 19.3 Å². The molecule has 6 nitrogen and oxygen atoms in total. The van der Waals surface area contributed by atoms with Crippen LogP contribution in [0.3, 0.4) is 0 Å². The molecule has 0 saturated carbocycles. The van der Waals surface area contributed by atoms with Gasteiger partial charge < -0.3 is 14.2 Å². The third kappa shape index (κ3) is 52.9.